The lowest BCUT2D eigenvalue weighted by molar-refractivity contribution is 0.644. The molecule has 0 aliphatic heterocycles. The monoisotopic (exact) mass is 341 g/mol. The third kappa shape index (κ3) is 3.03. The molecule has 0 saturated heterocycles. The van der Waals surface area contributed by atoms with Gasteiger partial charge in [0.05, 0.1) is 5.69 Å². The van der Waals surface area contributed by atoms with Crippen LogP contribution in [0.3, 0.4) is 0 Å². The fraction of sp³-hybridized carbons (Fsp3) is 0.500. The van der Waals surface area contributed by atoms with Crippen LogP contribution in [0, 0.1) is 6.92 Å². The quantitative estimate of drug-likeness (QED) is 0.772. The molecule has 1 unspecified atom stereocenters. The largest absolute Gasteiger partial charge is 0.357 e. The molecule has 0 saturated carbocycles. The van der Waals surface area contributed by atoms with E-state index in [1.54, 1.807) is 0 Å². The van der Waals surface area contributed by atoms with Gasteiger partial charge in [-0.05, 0) is 25.3 Å². The fourth-order valence-corrected chi connectivity index (χ4v) is 3.84. The van der Waals surface area contributed by atoms with Crippen LogP contribution in [-0.4, -0.2) is 22.9 Å². The standard InChI is InChI=1S/C14H20BrN3S/c1-10(8-12-6-5-7-19-12)17(3)14-13(9-15)11(2)16-18(14)4/h5-7,10H,8-9H2,1-4H3. The van der Waals surface area contributed by atoms with E-state index in [1.165, 1.54) is 16.3 Å². The van der Waals surface area contributed by atoms with Crippen molar-refractivity contribution < 1.29 is 0 Å². The molecule has 1 atom stereocenters. The number of aromatic nitrogens is 2. The van der Waals surface area contributed by atoms with Crippen molar-refractivity contribution in [2.75, 3.05) is 11.9 Å². The second-order valence-electron chi connectivity index (χ2n) is 4.89. The minimum Gasteiger partial charge on any atom is -0.357 e. The summed E-state index contributed by atoms with van der Waals surface area (Å²) >= 11 is 5.40. The van der Waals surface area contributed by atoms with Gasteiger partial charge in [-0.2, -0.15) is 5.10 Å². The van der Waals surface area contributed by atoms with Gasteiger partial charge < -0.3 is 4.90 Å². The van der Waals surface area contributed by atoms with Crippen molar-refractivity contribution in [2.45, 2.75) is 31.6 Å². The Bertz CT molecular complexity index is 533. The Kier molecular flexibility index (Phi) is 4.68. The number of hydrogen-bond donors (Lipinski definition) is 0. The molecule has 2 rings (SSSR count). The Morgan fingerprint density at radius 2 is 2.26 bits per heavy atom. The van der Waals surface area contributed by atoms with Crippen LogP contribution in [0.4, 0.5) is 5.82 Å². The molecule has 0 aromatic carbocycles. The predicted molar refractivity (Wildman–Crippen MR) is 86.5 cm³/mol. The van der Waals surface area contributed by atoms with E-state index in [-0.39, 0.29) is 0 Å². The first kappa shape index (κ1) is 14.6. The molecule has 0 N–H and O–H groups in total. The van der Waals surface area contributed by atoms with E-state index in [0.717, 1.165) is 17.4 Å². The van der Waals surface area contributed by atoms with Gasteiger partial charge in [-0.1, -0.05) is 22.0 Å². The summed E-state index contributed by atoms with van der Waals surface area (Å²) in [7, 11) is 4.17. The van der Waals surface area contributed by atoms with Crippen LogP contribution < -0.4 is 4.90 Å². The van der Waals surface area contributed by atoms with Crippen LogP contribution in [0.2, 0.25) is 0 Å². The molecule has 0 aliphatic rings. The number of hydrogen-bond acceptors (Lipinski definition) is 3. The minimum atomic E-state index is 0.450. The van der Waals surface area contributed by atoms with Crippen molar-refractivity contribution in [3.8, 4) is 0 Å². The van der Waals surface area contributed by atoms with E-state index in [4.69, 9.17) is 0 Å². The van der Waals surface area contributed by atoms with Gasteiger partial charge in [0.2, 0.25) is 0 Å². The molecule has 104 valence electrons. The fourth-order valence-electron chi connectivity index (χ4n) is 2.35. The third-order valence-corrected chi connectivity index (χ3v) is 4.98. The molecule has 19 heavy (non-hydrogen) atoms. The molecule has 2 aromatic rings. The number of thiophene rings is 1. The Morgan fingerprint density at radius 1 is 1.53 bits per heavy atom. The van der Waals surface area contributed by atoms with Crippen LogP contribution in [0.15, 0.2) is 17.5 Å². The summed E-state index contributed by atoms with van der Waals surface area (Å²) in [6, 6.07) is 4.77. The Balaban J connectivity index is 2.21. The van der Waals surface area contributed by atoms with E-state index in [1.807, 2.05) is 23.1 Å². The zero-order chi connectivity index (χ0) is 14.0. The maximum absolute atomic E-state index is 4.53. The number of nitrogens with zero attached hydrogens (tertiary/aromatic N) is 3. The van der Waals surface area contributed by atoms with Crippen LogP contribution in [-0.2, 0) is 18.8 Å². The number of halogens is 1. The van der Waals surface area contributed by atoms with Crippen molar-refractivity contribution in [3.63, 3.8) is 0 Å². The first-order valence-electron chi connectivity index (χ1n) is 6.38. The first-order valence-corrected chi connectivity index (χ1v) is 8.38. The van der Waals surface area contributed by atoms with Crippen molar-refractivity contribution in [2.24, 2.45) is 7.05 Å². The normalized spacial score (nSPS) is 12.7. The lowest BCUT2D eigenvalue weighted by Crippen LogP contribution is -2.32. The van der Waals surface area contributed by atoms with Gasteiger partial charge in [0.25, 0.3) is 0 Å². The Hall–Kier alpha value is -0.810. The average Bonchev–Trinajstić information content (AvgIpc) is 2.95. The van der Waals surface area contributed by atoms with Crippen LogP contribution >= 0.6 is 27.3 Å². The molecule has 2 heterocycles. The third-order valence-electron chi connectivity index (χ3n) is 3.52. The summed E-state index contributed by atoms with van der Waals surface area (Å²) in [6.07, 6.45) is 1.07. The van der Waals surface area contributed by atoms with Crippen molar-refractivity contribution in [1.82, 2.24) is 9.78 Å². The summed E-state index contributed by atoms with van der Waals surface area (Å²) < 4.78 is 1.98. The minimum absolute atomic E-state index is 0.450. The van der Waals surface area contributed by atoms with Gasteiger partial charge in [-0.3, -0.25) is 4.68 Å². The molecular weight excluding hydrogens is 322 g/mol. The van der Waals surface area contributed by atoms with Gasteiger partial charge in [-0.25, -0.2) is 0 Å². The molecule has 2 aromatic heterocycles. The van der Waals surface area contributed by atoms with Crippen molar-refractivity contribution in [1.29, 1.82) is 0 Å². The molecular formula is C14H20BrN3S. The number of rotatable bonds is 5. The summed E-state index contributed by atoms with van der Waals surface area (Å²) in [5.74, 6) is 1.21. The van der Waals surface area contributed by atoms with E-state index >= 15 is 0 Å². The van der Waals surface area contributed by atoms with E-state index in [9.17, 15) is 0 Å². The maximum Gasteiger partial charge on any atom is 0.130 e. The van der Waals surface area contributed by atoms with Crippen molar-refractivity contribution in [3.05, 3.63) is 33.6 Å². The van der Waals surface area contributed by atoms with Gasteiger partial charge >= 0.3 is 0 Å². The molecule has 5 heteroatoms. The van der Waals surface area contributed by atoms with Crippen LogP contribution in [0.25, 0.3) is 0 Å². The zero-order valence-electron chi connectivity index (χ0n) is 11.9. The Morgan fingerprint density at radius 3 is 2.84 bits per heavy atom. The highest BCUT2D eigenvalue weighted by Crippen LogP contribution is 2.27. The van der Waals surface area contributed by atoms with Gasteiger partial charge in [0, 0.05) is 42.3 Å². The highest BCUT2D eigenvalue weighted by molar-refractivity contribution is 9.08. The topological polar surface area (TPSA) is 21.1 Å². The van der Waals surface area contributed by atoms with E-state index < -0.39 is 0 Å². The van der Waals surface area contributed by atoms with E-state index in [2.05, 4.69) is 64.3 Å². The van der Waals surface area contributed by atoms with Gasteiger partial charge in [0.1, 0.15) is 5.82 Å². The molecule has 0 amide bonds. The SMILES string of the molecule is Cc1nn(C)c(N(C)C(C)Cc2cccs2)c1CBr. The summed E-state index contributed by atoms with van der Waals surface area (Å²) in [5, 5.41) is 7.51. The van der Waals surface area contributed by atoms with E-state index in [0.29, 0.717) is 6.04 Å². The summed E-state index contributed by atoms with van der Waals surface area (Å²) in [5.41, 5.74) is 2.38. The van der Waals surface area contributed by atoms with Crippen LogP contribution in [0.1, 0.15) is 23.1 Å². The number of anilines is 1. The number of aryl methyl sites for hydroxylation is 2. The molecule has 0 spiro atoms. The van der Waals surface area contributed by atoms with Crippen molar-refractivity contribution >= 4 is 33.1 Å². The molecule has 0 aliphatic carbocycles. The number of alkyl halides is 1. The zero-order valence-corrected chi connectivity index (χ0v) is 14.3. The highest BCUT2D eigenvalue weighted by atomic mass is 79.9. The lowest BCUT2D eigenvalue weighted by Gasteiger charge is -2.27. The maximum atomic E-state index is 4.53. The first-order chi connectivity index (χ1) is 9.04. The average molecular weight is 342 g/mol. The molecule has 3 nitrogen and oxygen atoms in total. The predicted octanol–water partition coefficient (Wildman–Crippen LogP) is 3.75. The Labute approximate surface area is 127 Å². The van der Waals surface area contributed by atoms with Crippen LogP contribution in [0.5, 0.6) is 0 Å². The second-order valence-corrected chi connectivity index (χ2v) is 6.48. The molecule has 0 bridgehead atoms. The highest BCUT2D eigenvalue weighted by Gasteiger charge is 2.20. The lowest BCUT2D eigenvalue weighted by atomic mass is 10.1. The van der Waals surface area contributed by atoms with Gasteiger partial charge in [0.15, 0.2) is 0 Å². The molecule has 0 radical (unpaired) electrons. The summed E-state index contributed by atoms with van der Waals surface area (Å²) in [4.78, 5) is 3.76. The molecule has 0 fully saturated rings. The second kappa shape index (κ2) is 6.09. The summed E-state index contributed by atoms with van der Waals surface area (Å²) in [6.45, 7) is 4.33. The van der Waals surface area contributed by atoms with Gasteiger partial charge in [-0.15, -0.1) is 11.3 Å². The smallest absolute Gasteiger partial charge is 0.130 e. The number of likely N-dealkylation sites (N-methyl/N-ethyl adjacent to an activating group) is 1.